The van der Waals surface area contributed by atoms with Crippen LogP contribution >= 0.6 is 11.6 Å². The fourth-order valence-electron chi connectivity index (χ4n) is 0.996. The van der Waals surface area contributed by atoms with Gasteiger partial charge in [-0.25, -0.2) is 0 Å². The molecule has 0 N–H and O–H groups in total. The van der Waals surface area contributed by atoms with Gasteiger partial charge in [0.1, 0.15) is 5.00 Å². The Bertz CT molecular complexity index is 120. The van der Waals surface area contributed by atoms with Crippen LogP contribution in [0.5, 0.6) is 0 Å². The Morgan fingerprint density at radius 3 is 1.42 bits per heavy atom. The van der Waals surface area contributed by atoms with Crippen LogP contribution < -0.4 is 0 Å². The molecule has 0 saturated carbocycles. The van der Waals surface area contributed by atoms with E-state index in [0.29, 0.717) is 0 Å². The van der Waals surface area contributed by atoms with E-state index in [1.165, 1.54) is 0 Å². The van der Waals surface area contributed by atoms with E-state index in [-0.39, 0.29) is 10.9 Å². The Kier molecular flexibility index (Phi) is 5.36. The summed E-state index contributed by atoms with van der Waals surface area (Å²) in [6.07, 6.45) is 0. The summed E-state index contributed by atoms with van der Waals surface area (Å²) < 4.78 is 15.7. The first-order valence-electron chi connectivity index (χ1n) is 3.83. The lowest BCUT2D eigenvalue weighted by atomic mass is 10.3. The molecule has 1 atom stereocenters. The zero-order valence-electron chi connectivity index (χ0n) is 8.26. The Hall–Kier alpha value is 0.387. The molecule has 5 heteroatoms. The molecule has 0 bridgehead atoms. The molecular formula is C7H17ClO3Si. The summed E-state index contributed by atoms with van der Waals surface area (Å²) in [5.41, 5.74) is 0. The zero-order valence-corrected chi connectivity index (χ0v) is 10.0. The van der Waals surface area contributed by atoms with Crippen LogP contribution in [0.3, 0.4) is 0 Å². The maximum Gasteiger partial charge on any atom is 0.519 e. The van der Waals surface area contributed by atoms with Crippen molar-refractivity contribution in [2.75, 3.05) is 21.3 Å². The second-order valence-electron chi connectivity index (χ2n) is 2.86. The predicted octanol–water partition coefficient (Wildman–Crippen LogP) is 1.67. The first kappa shape index (κ1) is 12.4. The monoisotopic (exact) mass is 212 g/mol. The molecule has 0 aromatic heterocycles. The van der Waals surface area contributed by atoms with Gasteiger partial charge >= 0.3 is 8.80 Å². The van der Waals surface area contributed by atoms with Gasteiger partial charge in [0, 0.05) is 21.3 Å². The Labute approximate surface area is 80.3 Å². The normalized spacial score (nSPS) is 15.2. The number of halogens is 1. The van der Waals surface area contributed by atoms with Crippen molar-refractivity contribution in [2.24, 2.45) is 5.92 Å². The van der Waals surface area contributed by atoms with Crippen LogP contribution in [-0.4, -0.2) is 35.1 Å². The van der Waals surface area contributed by atoms with Crippen LogP contribution in [0.4, 0.5) is 0 Å². The van der Waals surface area contributed by atoms with Crippen molar-refractivity contribution < 1.29 is 13.3 Å². The predicted molar refractivity (Wildman–Crippen MR) is 51.3 cm³/mol. The lowest BCUT2D eigenvalue weighted by Crippen LogP contribution is -2.53. The third-order valence-corrected chi connectivity index (χ3v) is 6.13. The van der Waals surface area contributed by atoms with Crippen LogP contribution in [0.2, 0.25) is 0 Å². The first-order valence-corrected chi connectivity index (χ1v) is 6.07. The van der Waals surface area contributed by atoms with E-state index in [1.807, 2.05) is 13.8 Å². The zero-order chi connectivity index (χ0) is 9.78. The second kappa shape index (κ2) is 5.19. The van der Waals surface area contributed by atoms with Crippen molar-refractivity contribution in [3.63, 3.8) is 0 Å². The van der Waals surface area contributed by atoms with Gasteiger partial charge in [-0.15, -0.1) is 11.6 Å². The molecule has 0 aliphatic carbocycles. The molecule has 74 valence electrons. The van der Waals surface area contributed by atoms with E-state index >= 15 is 0 Å². The molecule has 3 nitrogen and oxygen atoms in total. The third-order valence-electron chi connectivity index (χ3n) is 1.78. The lowest BCUT2D eigenvalue weighted by molar-refractivity contribution is 0.116. The third kappa shape index (κ3) is 2.44. The molecule has 0 aliphatic rings. The smallest absolute Gasteiger partial charge is 0.376 e. The molecule has 1 unspecified atom stereocenters. The highest BCUT2D eigenvalue weighted by Crippen LogP contribution is 2.23. The molecule has 0 amide bonds. The van der Waals surface area contributed by atoms with Crippen molar-refractivity contribution >= 4 is 20.4 Å². The van der Waals surface area contributed by atoms with Gasteiger partial charge in [-0.3, -0.25) is 0 Å². The molecule has 0 rings (SSSR count). The molecule has 12 heavy (non-hydrogen) atoms. The minimum absolute atomic E-state index is 0.197. The maximum absolute atomic E-state index is 6.13. The minimum Gasteiger partial charge on any atom is -0.376 e. The molecule has 0 aromatic carbocycles. The fraction of sp³-hybridized carbons (Fsp3) is 1.00. The molecule has 0 fully saturated rings. The quantitative estimate of drug-likeness (QED) is 0.513. The Morgan fingerprint density at radius 1 is 1.00 bits per heavy atom. The number of alkyl halides is 1. The van der Waals surface area contributed by atoms with E-state index in [1.54, 1.807) is 21.3 Å². The van der Waals surface area contributed by atoms with E-state index in [0.717, 1.165) is 0 Å². The molecule has 0 saturated heterocycles. The van der Waals surface area contributed by atoms with E-state index < -0.39 is 8.80 Å². The molecule has 0 radical (unpaired) electrons. The molecule has 0 heterocycles. The van der Waals surface area contributed by atoms with E-state index in [2.05, 4.69) is 0 Å². The number of hydrogen-bond donors (Lipinski definition) is 0. The minimum atomic E-state index is -2.62. The fourth-order valence-corrected chi connectivity index (χ4v) is 3.79. The summed E-state index contributed by atoms with van der Waals surface area (Å²) in [5, 5.41) is -0.197. The summed E-state index contributed by atoms with van der Waals surface area (Å²) in [4.78, 5) is 0. The lowest BCUT2D eigenvalue weighted by Gasteiger charge is -2.30. The van der Waals surface area contributed by atoms with Gasteiger partial charge in [-0.1, -0.05) is 13.8 Å². The molecule has 0 aliphatic heterocycles. The van der Waals surface area contributed by atoms with Gasteiger partial charge in [0.05, 0.1) is 0 Å². The van der Waals surface area contributed by atoms with Gasteiger partial charge in [0.2, 0.25) is 0 Å². The standard InChI is InChI=1S/C7H17ClO3Si/c1-6(2)7(8)12(9-3,10-4)11-5/h6-7H,1-5H3. The van der Waals surface area contributed by atoms with Gasteiger partial charge in [0.15, 0.2) is 0 Å². The Balaban J connectivity index is 4.46. The van der Waals surface area contributed by atoms with Crippen LogP contribution in [0, 0.1) is 5.92 Å². The highest BCUT2D eigenvalue weighted by Gasteiger charge is 2.47. The van der Waals surface area contributed by atoms with Gasteiger partial charge < -0.3 is 13.3 Å². The average molecular weight is 213 g/mol. The summed E-state index contributed by atoms with van der Waals surface area (Å²) in [7, 11) is 2.08. The van der Waals surface area contributed by atoms with Crippen LogP contribution in [0.25, 0.3) is 0 Å². The maximum atomic E-state index is 6.13. The van der Waals surface area contributed by atoms with Crippen LogP contribution in [0.15, 0.2) is 0 Å². The Morgan fingerprint density at radius 2 is 1.33 bits per heavy atom. The second-order valence-corrected chi connectivity index (χ2v) is 6.75. The summed E-state index contributed by atoms with van der Waals surface area (Å²) in [6, 6.07) is 0. The summed E-state index contributed by atoms with van der Waals surface area (Å²) >= 11 is 6.13. The molecule has 0 spiro atoms. The van der Waals surface area contributed by atoms with Gasteiger partial charge in [-0.2, -0.15) is 0 Å². The van der Waals surface area contributed by atoms with E-state index in [4.69, 9.17) is 24.9 Å². The summed E-state index contributed by atoms with van der Waals surface area (Å²) in [6.45, 7) is 4.02. The highest BCUT2D eigenvalue weighted by molar-refractivity contribution is 6.71. The van der Waals surface area contributed by atoms with Gasteiger partial charge in [-0.05, 0) is 5.92 Å². The van der Waals surface area contributed by atoms with E-state index in [9.17, 15) is 0 Å². The largest absolute Gasteiger partial charge is 0.519 e. The number of hydrogen-bond acceptors (Lipinski definition) is 3. The van der Waals surface area contributed by atoms with Crippen LogP contribution in [-0.2, 0) is 13.3 Å². The van der Waals surface area contributed by atoms with Crippen LogP contribution in [0.1, 0.15) is 13.8 Å². The van der Waals surface area contributed by atoms with Crippen molar-refractivity contribution in [1.82, 2.24) is 0 Å². The molecule has 0 aromatic rings. The topological polar surface area (TPSA) is 27.7 Å². The van der Waals surface area contributed by atoms with Crippen molar-refractivity contribution in [3.05, 3.63) is 0 Å². The average Bonchev–Trinajstić information content (AvgIpc) is 2.08. The highest BCUT2D eigenvalue weighted by atomic mass is 35.5. The van der Waals surface area contributed by atoms with Gasteiger partial charge in [0.25, 0.3) is 0 Å². The first-order chi connectivity index (χ1) is 5.54. The van der Waals surface area contributed by atoms with Crippen molar-refractivity contribution in [1.29, 1.82) is 0 Å². The number of rotatable bonds is 5. The van der Waals surface area contributed by atoms with Crippen molar-refractivity contribution in [2.45, 2.75) is 18.8 Å². The summed E-state index contributed by atoms with van der Waals surface area (Å²) in [5.74, 6) is 0.276. The molecular weight excluding hydrogens is 196 g/mol. The SMILES string of the molecule is CO[Si](OC)(OC)C(Cl)C(C)C. The van der Waals surface area contributed by atoms with Crippen molar-refractivity contribution in [3.8, 4) is 0 Å².